The van der Waals surface area contributed by atoms with Gasteiger partial charge in [-0.2, -0.15) is 0 Å². The number of amides is 1. The summed E-state index contributed by atoms with van der Waals surface area (Å²) in [6, 6.07) is 14.9. The van der Waals surface area contributed by atoms with Crippen LogP contribution in [0.2, 0.25) is 0 Å². The first kappa shape index (κ1) is 21.2. The monoisotopic (exact) mass is 461 g/mol. The average molecular weight is 462 g/mol. The molecule has 1 aliphatic rings. The number of benzene rings is 2. The van der Waals surface area contributed by atoms with Crippen LogP contribution in [0, 0.1) is 0 Å². The van der Waals surface area contributed by atoms with Crippen molar-refractivity contribution in [2.75, 3.05) is 11.2 Å². The van der Waals surface area contributed by atoms with Crippen LogP contribution in [0.4, 0.5) is 5.69 Å². The summed E-state index contributed by atoms with van der Waals surface area (Å²) in [6.07, 6.45) is 4.97. The lowest BCUT2D eigenvalue weighted by atomic mass is 9.99. The number of H-pyrrole nitrogens is 1. The van der Waals surface area contributed by atoms with Gasteiger partial charge in [-0.1, -0.05) is 36.4 Å². The second kappa shape index (κ2) is 7.74. The minimum absolute atomic E-state index is 0.0767. The molecule has 0 radical (unpaired) electrons. The molecule has 0 saturated heterocycles. The van der Waals surface area contributed by atoms with E-state index in [1.165, 1.54) is 10.8 Å². The SMILES string of the molecule is Cn1cc2c3c(c[nH]c3c1=O)CN(C(=O)Cc1ccccc1)c1ccc(CS(C)(=O)=O)cc1-2. The number of carbonyl (C=O) groups is 1. The van der Waals surface area contributed by atoms with Crippen LogP contribution in [0.25, 0.3) is 22.0 Å². The summed E-state index contributed by atoms with van der Waals surface area (Å²) in [5.41, 5.74) is 4.93. The van der Waals surface area contributed by atoms with Crippen LogP contribution in [0.1, 0.15) is 16.7 Å². The molecule has 4 aromatic rings. The molecule has 3 heterocycles. The Morgan fingerprint density at radius 2 is 1.82 bits per heavy atom. The van der Waals surface area contributed by atoms with Crippen molar-refractivity contribution in [3.05, 3.63) is 88.0 Å². The van der Waals surface area contributed by atoms with Gasteiger partial charge in [-0.15, -0.1) is 0 Å². The Bertz CT molecular complexity index is 1570. The Morgan fingerprint density at radius 1 is 1.06 bits per heavy atom. The van der Waals surface area contributed by atoms with Crippen LogP contribution >= 0.6 is 0 Å². The Balaban J connectivity index is 1.72. The van der Waals surface area contributed by atoms with E-state index < -0.39 is 9.84 Å². The maximum Gasteiger partial charge on any atom is 0.274 e. The summed E-state index contributed by atoms with van der Waals surface area (Å²) >= 11 is 0. The zero-order valence-corrected chi connectivity index (χ0v) is 19.1. The second-order valence-corrected chi connectivity index (χ2v) is 10.7. The van der Waals surface area contributed by atoms with Crippen molar-refractivity contribution < 1.29 is 13.2 Å². The highest BCUT2D eigenvalue weighted by Crippen LogP contribution is 2.41. The number of hydrogen-bond donors (Lipinski definition) is 1. The molecule has 1 aliphatic heterocycles. The van der Waals surface area contributed by atoms with Crippen molar-refractivity contribution in [2.45, 2.75) is 18.7 Å². The highest BCUT2D eigenvalue weighted by atomic mass is 32.2. The van der Waals surface area contributed by atoms with Crippen LogP contribution in [0.3, 0.4) is 0 Å². The van der Waals surface area contributed by atoms with Gasteiger partial charge in [-0.3, -0.25) is 9.59 Å². The topological polar surface area (TPSA) is 92.2 Å². The molecule has 2 aromatic heterocycles. The van der Waals surface area contributed by atoms with Gasteiger partial charge < -0.3 is 14.5 Å². The smallest absolute Gasteiger partial charge is 0.274 e. The fourth-order valence-corrected chi connectivity index (χ4v) is 5.32. The number of nitrogens with one attached hydrogen (secondary N) is 1. The summed E-state index contributed by atoms with van der Waals surface area (Å²) in [7, 11) is -1.56. The lowest BCUT2D eigenvalue weighted by Gasteiger charge is -2.24. The van der Waals surface area contributed by atoms with Gasteiger partial charge in [0, 0.05) is 42.2 Å². The number of pyridine rings is 1. The highest BCUT2D eigenvalue weighted by Gasteiger charge is 2.28. The van der Waals surface area contributed by atoms with Crippen LogP contribution < -0.4 is 10.5 Å². The second-order valence-electron chi connectivity index (χ2n) is 8.59. The van der Waals surface area contributed by atoms with E-state index in [1.54, 1.807) is 30.4 Å². The van der Waals surface area contributed by atoms with Crippen molar-refractivity contribution in [3.63, 3.8) is 0 Å². The number of aryl methyl sites for hydroxylation is 1. The maximum absolute atomic E-state index is 13.5. The van der Waals surface area contributed by atoms with Crippen molar-refractivity contribution in [3.8, 4) is 11.1 Å². The fraction of sp³-hybridized carbons (Fsp3) is 0.200. The summed E-state index contributed by atoms with van der Waals surface area (Å²) in [5.74, 6) is -0.181. The summed E-state index contributed by atoms with van der Waals surface area (Å²) in [6.45, 7) is 0.310. The third-order valence-electron chi connectivity index (χ3n) is 5.99. The van der Waals surface area contributed by atoms with Gasteiger partial charge in [0.1, 0.15) is 5.52 Å². The number of hydrogen-bond acceptors (Lipinski definition) is 4. The molecule has 1 N–H and O–H groups in total. The lowest BCUT2D eigenvalue weighted by molar-refractivity contribution is -0.118. The zero-order chi connectivity index (χ0) is 23.3. The third kappa shape index (κ3) is 3.87. The van der Waals surface area contributed by atoms with Crippen LogP contribution in [0.15, 0.2) is 65.7 Å². The van der Waals surface area contributed by atoms with E-state index in [-0.39, 0.29) is 23.6 Å². The van der Waals surface area contributed by atoms with Crippen molar-refractivity contribution in [2.24, 2.45) is 7.05 Å². The molecule has 0 bridgehead atoms. The van der Waals surface area contributed by atoms with Crippen LogP contribution in [-0.2, 0) is 40.4 Å². The van der Waals surface area contributed by atoms with E-state index in [9.17, 15) is 18.0 Å². The van der Waals surface area contributed by atoms with E-state index in [0.717, 1.165) is 27.6 Å². The molecule has 2 aromatic carbocycles. The zero-order valence-electron chi connectivity index (χ0n) is 18.3. The molecule has 0 fully saturated rings. The molecule has 33 heavy (non-hydrogen) atoms. The van der Waals surface area contributed by atoms with Crippen molar-refractivity contribution in [1.82, 2.24) is 9.55 Å². The Morgan fingerprint density at radius 3 is 2.55 bits per heavy atom. The molecule has 1 amide bonds. The molecule has 0 unspecified atom stereocenters. The summed E-state index contributed by atoms with van der Waals surface area (Å²) < 4.78 is 25.4. The number of aromatic amines is 1. The number of nitrogens with zero attached hydrogens (tertiary/aromatic N) is 2. The van der Waals surface area contributed by atoms with Gasteiger partial charge in [-0.05, 0) is 28.8 Å². The summed E-state index contributed by atoms with van der Waals surface area (Å²) in [5, 5.41) is 0.769. The van der Waals surface area contributed by atoms with E-state index in [1.807, 2.05) is 42.5 Å². The first-order valence-corrected chi connectivity index (χ1v) is 12.6. The van der Waals surface area contributed by atoms with E-state index in [2.05, 4.69) is 4.98 Å². The third-order valence-corrected chi connectivity index (χ3v) is 6.84. The quantitative estimate of drug-likeness (QED) is 0.505. The number of sulfone groups is 1. The molecule has 168 valence electrons. The van der Waals surface area contributed by atoms with Crippen molar-refractivity contribution >= 4 is 32.3 Å². The molecule has 7 nitrogen and oxygen atoms in total. The molecule has 0 aliphatic carbocycles. The van der Waals surface area contributed by atoms with Gasteiger partial charge >= 0.3 is 0 Å². The Hall–Kier alpha value is -3.65. The maximum atomic E-state index is 13.5. The van der Waals surface area contributed by atoms with Gasteiger partial charge in [0.15, 0.2) is 9.84 Å². The normalized spacial score (nSPS) is 13.1. The lowest BCUT2D eigenvalue weighted by Crippen LogP contribution is -2.31. The molecule has 8 heteroatoms. The molecule has 0 atom stereocenters. The number of carbonyl (C=O) groups excluding carboxylic acids is 1. The van der Waals surface area contributed by atoms with E-state index >= 15 is 0 Å². The van der Waals surface area contributed by atoms with Gasteiger partial charge in [0.25, 0.3) is 5.56 Å². The first-order valence-electron chi connectivity index (χ1n) is 10.6. The molecular weight excluding hydrogens is 438 g/mol. The Kier molecular flexibility index (Phi) is 4.97. The average Bonchev–Trinajstić information content (AvgIpc) is 3.13. The number of anilines is 1. The Labute approximate surface area is 191 Å². The molecule has 5 rings (SSSR count). The van der Waals surface area contributed by atoms with Gasteiger partial charge in [-0.25, -0.2) is 8.42 Å². The summed E-state index contributed by atoms with van der Waals surface area (Å²) in [4.78, 5) is 31.0. The van der Waals surface area contributed by atoms with E-state index in [4.69, 9.17) is 0 Å². The standard InChI is InChI=1S/C25H23N3O4S/c1-27-14-20-19-10-17(15-33(2,31)32)8-9-21(19)28(22(29)11-16-6-4-3-5-7-16)13-18-12-26-24(23(18)20)25(27)30/h3-10,12,14,26H,11,13,15H2,1-2H3. The number of aromatic nitrogens is 2. The highest BCUT2D eigenvalue weighted by molar-refractivity contribution is 7.89. The minimum atomic E-state index is -3.24. The molecular formula is C25H23N3O4S. The van der Waals surface area contributed by atoms with E-state index in [0.29, 0.717) is 23.3 Å². The largest absolute Gasteiger partial charge is 0.356 e. The van der Waals surface area contributed by atoms with Gasteiger partial charge in [0.05, 0.1) is 24.4 Å². The minimum Gasteiger partial charge on any atom is -0.356 e. The number of fused-ring (bicyclic) bond motifs is 2. The molecule has 0 saturated carbocycles. The fourth-order valence-electron chi connectivity index (χ4n) is 4.53. The van der Waals surface area contributed by atoms with Crippen molar-refractivity contribution in [1.29, 1.82) is 0 Å². The van der Waals surface area contributed by atoms with Crippen LogP contribution in [-0.4, -0.2) is 30.1 Å². The van der Waals surface area contributed by atoms with Crippen LogP contribution in [0.5, 0.6) is 0 Å². The first-order chi connectivity index (χ1) is 15.7. The molecule has 0 spiro atoms. The number of rotatable bonds is 4. The predicted molar refractivity (Wildman–Crippen MR) is 129 cm³/mol. The van der Waals surface area contributed by atoms with Gasteiger partial charge in [0.2, 0.25) is 5.91 Å². The predicted octanol–water partition coefficient (Wildman–Crippen LogP) is 3.17.